The van der Waals surface area contributed by atoms with E-state index >= 15 is 0 Å². The quantitative estimate of drug-likeness (QED) is 0.248. The first-order chi connectivity index (χ1) is 15.3. The Kier molecular flexibility index (Phi) is 8.73. The lowest BCUT2D eigenvalue weighted by Crippen LogP contribution is -2.74. The molecule has 1 aliphatic rings. The van der Waals surface area contributed by atoms with Gasteiger partial charge in [-0.2, -0.15) is 74.6 Å². The highest BCUT2D eigenvalue weighted by Gasteiger charge is 2.95. The van der Waals surface area contributed by atoms with Crippen LogP contribution in [0.1, 0.15) is 57.8 Å². The molecule has 1 fully saturated rings. The Morgan fingerprint density at radius 2 is 0.714 bits per heavy atom. The molecule has 0 saturated heterocycles. The molecule has 0 aromatic rings. The average Bonchev–Trinajstić information content (AvgIpc) is 2.65. The topological polar surface area (TPSA) is 0 Å². The summed E-state index contributed by atoms with van der Waals surface area (Å²) in [6.45, 7) is 0. The van der Waals surface area contributed by atoms with E-state index in [0.717, 1.165) is 6.42 Å². The maximum absolute atomic E-state index is 13.9. The van der Waals surface area contributed by atoms with Gasteiger partial charge in [0.05, 0.1) is 0 Å². The van der Waals surface area contributed by atoms with Crippen molar-refractivity contribution in [2.45, 2.75) is 105 Å². The van der Waals surface area contributed by atoms with Crippen LogP contribution < -0.4 is 0 Å². The Bertz CT molecular complexity index is 698. The van der Waals surface area contributed by atoms with E-state index in [1.165, 1.54) is 0 Å². The maximum atomic E-state index is 13.9. The highest BCUT2D eigenvalue weighted by Crippen LogP contribution is 2.64. The van der Waals surface area contributed by atoms with Gasteiger partial charge in [0, 0.05) is 6.42 Å². The molecule has 1 rings (SSSR count). The molecule has 0 bridgehead atoms. The Labute approximate surface area is 187 Å². The van der Waals surface area contributed by atoms with Gasteiger partial charge in [-0.05, 0) is 12.3 Å². The second kappa shape index (κ2) is 9.60. The summed E-state index contributed by atoms with van der Waals surface area (Å²) in [5.74, 6) is -56.5. The fourth-order valence-electron chi connectivity index (χ4n) is 3.57. The number of halogens is 17. The zero-order valence-electron chi connectivity index (χ0n) is 17.4. The van der Waals surface area contributed by atoms with Crippen LogP contribution in [0.15, 0.2) is 0 Å². The summed E-state index contributed by atoms with van der Waals surface area (Å²) in [4.78, 5) is 0. The van der Waals surface area contributed by atoms with E-state index < -0.39 is 66.4 Å². The minimum atomic E-state index is -8.57. The molecular formula is C18H19F17. The SMILES string of the molecule is FC(F)(F)C(F)(F)C(F)(F)C(F)(F)C(F)(F)C(F)(F)C(F)(F)C(F)(F)CCC1CCCCCCC1. The fourth-order valence-corrected chi connectivity index (χ4v) is 3.57. The van der Waals surface area contributed by atoms with Crippen molar-refractivity contribution in [3.05, 3.63) is 0 Å². The van der Waals surface area contributed by atoms with Gasteiger partial charge < -0.3 is 0 Å². The van der Waals surface area contributed by atoms with Crippen LogP contribution >= 0.6 is 0 Å². The van der Waals surface area contributed by atoms with Gasteiger partial charge in [-0.1, -0.05) is 44.9 Å². The van der Waals surface area contributed by atoms with Crippen molar-refractivity contribution < 1.29 is 74.6 Å². The summed E-state index contributed by atoms with van der Waals surface area (Å²) in [6, 6.07) is 0. The van der Waals surface area contributed by atoms with Gasteiger partial charge >= 0.3 is 47.6 Å². The molecule has 17 heteroatoms. The molecule has 210 valence electrons. The number of hydrogen-bond donors (Lipinski definition) is 0. The van der Waals surface area contributed by atoms with E-state index in [0.29, 0.717) is 25.7 Å². The summed E-state index contributed by atoms with van der Waals surface area (Å²) in [5.41, 5.74) is 0. The Hall–Kier alpha value is -1.19. The molecule has 0 aliphatic heterocycles. The summed E-state index contributed by atoms with van der Waals surface area (Å²) in [5, 5.41) is 0. The van der Waals surface area contributed by atoms with Crippen LogP contribution in [0, 0.1) is 5.92 Å². The third-order valence-corrected chi connectivity index (χ3v) is 5.88. The molecule has 0 spiro atoms. The van der Waals surface area contributed by atoms with Gasteiger partial charge in [0.1, 0.15) is 0 Å². The Morgan fingerprint density at radius 3 is 1.09 bits per heavy atom. The standard InChI is InChI=1S/C18H19F17/c19-11(20,9-8-10-6-4-2-1-3-5-7-10)12(21,22)13(23,24)14(25,26)15(27,28)16(29,30)17(31,32)18(33,34)35/h10H,1-9H2. The molecule has 1 aliphatic carbocycles. The van der Waals surface area contributed by atoms with Crippen molar-refractivity contribution in [1.29, 1.82) is 0 Å². The van der Waals surface area contributed by atoms with Gasteiger partial charge in [0.2, 0.25) is 0 Å². The Balaban J connectivity index is 3.33. The first-order valence-electron chi connectivity index (χ1n) is 10.0. The van der Waals surface area contributed by atoms with Gasteiger partial charge in [-0.15, -0.1) is 0 Å². The largest absolute Gasteiger partial charge is 0.460 e. The van der Waals surface area contributed by atoms with Crippen LogP contribution in [0.4, 0.5) is 74.6 Å². The fraction of sp³-hybridized carbons (Fsp3) is 1.00. The van der Waals surface area contributed by atoms with E-state index in [4.69, 9.17) is 0 Å². The highest BCUT2D eigenvalue weighted by molar-refractivity contribution is 5.15. The molecule has 0 radical (unpaired) electrons. The molecule has 0 nitrogen and oxygen atoms in total. The van der Waals surface area contributed by atoms with Crippen molar-refractivity contribution >= 4 is 0 Å². The molecule has 0 unspecified atom stereocenters. The van der Waals surface area contributed by atoms with Crippen molar-refractivity contribution in [3.63, 3.8) is 0 Å². The minimum absolute atomic E-state index is 0.144. The predicted octanol–water partition coefficient (Wildman–Crippen LogP) is 9.14. The zero-order chi connectivity index (χ0) is 27.9. The molecule has 0 N–H and O–H groups in total. The molecular weight excluding hydrogens is 539 g/mol. The molecule has 0 heterocycles. The van der Waals surface area contributed by atoms with Gasteiger partial charge in [-0.3, -0.25) is 0 Å². The molecule has 0 aromatic heterocycles. The lowest BCUT2D eigenvalue weighted by atomic mass is 9.84. The third-order valence-electron chi connectivity index (χ3n) is 5.88. The van der Waals surface area contributed by atoms with Gasteiger partial charge in [0.15, 0.2) is 0 Å². The minimum Gasteiger partial charge on any atom is -0.200 e. The van der Waals surface area contributed by atoms with Crippen LogP contribution in [-0.4, -0.2) is 47.6 Å². The van der Waals surface area contributed by atoms with E-state index in [-0.39, 0.29) is 12.8 Å². The lowest BCUT2D eigenvalue weighted by molar-refractivity contribution is -0.461. The van der Waals surface area contributed by atoms with E-state index in [9.17, 15) is 74.6 Å². The molecule has 35 heavy (non-hydrogen) atoms. The van der Waals surface area contributed by atoms with Crippen molar-refractivity contribution in [2.75, 3.05) is 0 Å². The van der Waals surface area contributed by atoms with Crippen molar-refractivity contribution in [1.82, 2.24) is 0 Å². The van der Waals surface area contributed by atoms with Crippen LogP contribution in [0.25, 0.3) is 0 Å². The zero-order valence-corrected chi connectivity index (χ0v) is 17.4. The van der Waals surface area contributed by atoms with Crippen LogP contribution in [-0.2, 0) is 0 Å². The predicted molar refractivity (Wildman–Crippen MR) is 85.7 cm³/mol. The molecule has 0 atom stereocenters. The Morgan fingerprint density at radius 1 is 0.400 bits per heavy atom. The smallest absolute Gasteiger partial charge is 0.200 e. The lowest BCUT2D eigenvalue weighted by Gasteiger charge is -2.43. The monoisotopic (exact) mass is 558 g/mol. The van der Waals surface area contributed by atoms with E-state index in [1.807, 2.05) is 0 Å². The summed E-state index contributed by atoms with van der Waals surface area (Å²) >= 11 is 0. The van der Waals surface area contributed by atoms with Crippen LogP contribution in [0.5, 0.6) is 0 Å². The van der Waals surface area contributed by atoms with Crippen molar-refractivity contribution in [2.24, 2.45) is 5.92 Å². The molecule has 0 aromatic carbocycles. The number of alkyl halides is 17. The van der Waals surface area contributed by atoms with Crippen molar-refractivity contribution in [3.8, 4) is 0 Å². The average molecular weight is 558 g/mol. The van der Waals surface area contributed by atoms with E-state index in [2.05, 4.69) is 0 Å². The van der Waals surface area contributed by atoms with Crippen LogP contribution in [0.3, 0.4) is 0 Å². The second-order valence-electron chi connectivity index (χ2n) is 8.40. The summed E-state index contributed by atoms with van der Waals surface area (Å²) in [7, 11) is 0. The summed E-state index contributed by atoms with van der Waals surface area (Å²) < 4.78 is 225. The molecule has 0 amide bonds. The summed E-state index contributed by atoms with van der Waals surface area (Å²) in [6.07, 6.45) is -7.95. The normalized spacial score (nSPS) is 19.5. The van der Waals surface area contributed by atoms with Gasteiger partial charge in [-0.25, -0.2) is 0 Å². The van der Waals surface area contributed by atoms with E-state index in [1.54, 1.807) is 0 Å². The first kappa shape index (κ1) is 31.8. The molecule has 1 saturated carbocycles. The number of rotatable bonds is 9. The second-order valence-corrected chi connectivity index (χ2v) is 8.40. The number of hydrogen-bond acceptors (Lipinski definition) is 0. The van der Waals surface area contributed by atoms with Gasteiger partial charge in [0.25, 0.3) is 0 Å². The first-order valence-corrected chi connectivity index (χ1v) is 10.0. The van der Waals surface area contributed by atoms with Crippen LogP contribution in [0.2, 0.25) is 0 Å². The maximum Gasteiger partial charge on any atom is 0.460 e. The third kappa shape index (κ3) is 5.14. The highest BCUT2D eigenvalue weighted by atomic mass is 19.4.